The highest BCUT2D eigenvalue weighted by Gasteiger charge is 2.27. The first kappa shape index (κ1) is 15.6. The van der Waals surface area contributed by atoms with Gasteiger partial charge in [0.2, 0.25) is 0 Å². The molecule has 0 spiro atoms. The second-order valence-corrected chi connectivity index (χ2v) is 4.39. The minimum atomic E-state index is -1.02. The average Bonchev–Trinajstić information content (AvgIpc) is 2.93. The molecule has 116 valence electrons. The lowest BCUT2D eigenvalue weighted by Gasteiger charge is -2.14. The maximum Gasteiger partial charge on any atom is 0.329 e. The maximum absolute atomic E-state index is 10.3. The van der Waals surface area contributed by atoms with Gasteiger partial charge in [-0.25, -0.2) is 4.79 Å². The summed E-state index contributed by atoms with van der Waals surface area (Å²) < 4.78 is 26.6. The van der Waals surface area contributed by atoms with Gasteiger partial charge in [-0.2, -0.15) is 0 Å². The standard InChI is InChI=1S/C14H18O7/c1-17-11-4-2-3-5-12(11)19-6-10-7-20-14(21-10)9-18-8-13(15)16/h2-5,10,14H,6-9H2,1H3,(H,15,16). The van der Waals surface area contributed by atoms with E-state index < -0.39 is 12.3 Å². The van der Waals surface area contributed by atoms with Crippen LogP contribution < -0.4 is 9.47 Å². The lowest BCUT2D eigenvalue weighted by molar-refractivity contribution is -0.148. The van der Waals surface area contributed by atoms with E-state index in [0.717, 1.165) is 0 Å². The van der Waals surface area contributed by atoms with Crippen LogP contribution in [0.2, 0.25) is 0 Å². The normalized spacial score (nSPS) is 21.2. The van der Waals surface area contributed by atoms with Gasteiger partial charge in [-0.05, 0) is 12.1 Å². The minimum Gasteiger partial charge on any atom is -0.493 e. The number of methoxy groups -OCH3 is 1. The van der Waals surface area contributed by atoms with Crippen molar-refractivity contribution in [3.05, 3.63) is 24.3 Å². The van der Waals surface area contributed by atoms with E-state index in [9.17, 15) is 4.79 Å². The Hall–Kier alpha value is -1.83. The number of hydrogen-bond donors (Lipinski definition) is 1. The molecule has 1 fully saturated rings. The molecule has 2 unspecified atom stereocenters. The molecule has 1 saturated heterocycles. The van der Waals surface area contributed by atoms with E-state index in [-0.39, 0.29) is 19.3 Å². The Balaban J connectivity index is 1.71. The molecule has 1 heterocycles. The molecule has 7 heteroatoms. The summed E-state index contributed by atoms with van der Waals surface area (Å²) in [5.74, 6) is 0.260. The third-order valence-electron chi connectivity index (χ3n) is 2.79. The van der Waals surface area contributed by atoms with Crippen LogP contribution >= 0.6 is 0 Å². The number of carbonyl (C=O) groups is 1. The van der Waals surface area contributed by atoms with Crippen LogP contribution in [0.15, 0.2) is 24.3 Å². The quantitative estimate of drug-likeness (QED) is 0.764. The number of carboxylic acids is 1. The first-order valence-electron chi connectivity index (χ1n) is 6.51. The summed E-state index contributed by atoms with van der Waals surface area (Å²) in [4.78, 5) is 10.3. The largest absolute Gasteiger partial charge is 0.493 e. The Morgan fingerprint density at radius 2 is 2.10 bits per heavy atom. The second kappa shape index (κ2) is 7.82. The zero-order chi connectivity index (χ0) is 15.1. The molecule has 1 aromatic rings. The molecule has 2 rings (SSSR count). The van der Waals surface area contributed by atoms with Crippen LogP contribution in [0, 0.1) is 0 Å². The van der Waals surface area contributed by atoms with Crippen molar-refractivity contribution in [3.8, 4) is 11.5 Å². The van der Waals surface area contributed by atoms with Crippen molar-refractivity contribution in [3.63, 3.8) is 0 Å². The second-order valence-electron chi connectivity index (χ2n) is 4.39. The van der Waals surface area contributed by atoms with Crippen molar-refractivity contribution in [1.29, 1.82) is 0 Å². The van der Waals surface area contributed by atoms with Crippen LogP contribution in [-0.4, -0.2) is 57.0 Å². The Morgan fingerprint density at radius 1 is 1.33 bits per heavy atom. The third kappa shape index (κ3) is 4.89. The predicted octanol–water partition coefficient (Wildman–Crippen LogP) is 0.917. The van der Waals surface area contributed by atoms with Crippen molar-refractivity contribution >= 4 is 5.97 Å². The maximum atomic E-state index is 10.3. The number of rotatable bonds is 8. The van der Waals surface area contributed by atoms with Gasteiger partial charge in [-0.15, -0.1) is 0 Å². The molecular formula is C14H18O7. The van der Waals surface area contributed by atoms with E-state index >= 15 is 0 Å². The molecule has 0 aromatic heterocycles. The van der Waals surface area contributed by atoms with E-state index in [2.05, 4.69) is 0 Å². The summed E-state index contributed by atoms with van der Waals surface area (Å²) in [5, 5.41) is 8.46. The zero-order valence-electron chi connectivity index (χ0n) is 11.7. The van der Waals surface area contributed by atoms with Crippen LogP contribution in [0.3, 0.4) is 0 Å². The van der Waals surface area contributed by atoms with Gasteiger partial charge in [-0.3, -0.25) is 0 Å². The van der Waals surface area contributed by atoms with Crippen LogP contribution in [0.1, 0.15) is 0 Å². The van der Waals surface area contributed by atoms with E-state index in [1.54, 1.807) is 7.11 Å². The fourth-order valence-corrected chi connectivity index (χ4v) is 1.85. The van der Waals surface area contributed by atoms with Gasteiger partial charge >= 0.3 is 5.97 Å². The lowest BCUT2D eigenvalue weighted by Crippen LogP contribution is -2.23. The highest BCUT2D eigenvalue weighted by atomic mass is 16.7. The average molecular weight is 298 g/mol. The van der Waals surface area contributed by atoms with Crippen molar-refractivity contribution in [2.75, 3.05) is 33.5 Å². The molecule has 1 aliphatic heterocycles. The molecule has 0 saturated carbocycles. The molecule has 0 amide bonds. The van der Waals surface area contributed by atoms with E-state index in [4.69, 9.17) is 28.8 Å². The molecular weight excluding hydrogens is 280 g/mol. The van der Waals surface area contributed by atoms with Gasteiger partial charge in [0.15, 0.2) is 17.8 Å². The summed E-state index contributed by atoms with van der Waals surface area (Å²) in [7, 11) is 1.58. The van der Waals surface area contributed by atoms with Crippen molar-refractivity contribution < 1.29 is 33.6 Å². The number of ether oxygens (including phenoxy) is 5. The van der Waals surface area contributed by atoms with Crippen LogP contribution in [-0.2, 0) is 19.0 Å². The summed E-state index contributed by atoms with van der Waals surface area (Å²) in [5.41, 5.74) is 0. The first-order valence-corrected chi connectivity index (χ1v) is 6.51. The van der Waals surface area contributed by atoms with Gasteiger partial charge in [0.05, 0.1) is 20.3 Å². The first-order chi connectivity index (χ1) is 10.2. The topological polar surface area (TPSA) is 83.5 Å². The fourth-order valence-electron chi connectivity index (χ4n) is 1.85. The SMILES string of the molecule is COc1ccccc1OCC1COC(COCC(=O)O)O1. The number of para-hydroxylation sites is 2. The van der Waals surface area contributed by atoms with Crippen molar-refractivity contribution in [2.24, 2.45) is 0 Å². The third-order valence-corrected chi connectivity index (χ3v) is 2.79. The number of hydrogen-bond acceptors (Lipinski definition) is 6. The Labute approximate surface area is 122 Å². The van der Waals surface area contributed by atoms with Crippen LogP contribution in [0.4, 0.5) is 0 Å². The highest BCUT2D eigenvalue weighted by molar-refractivity contribution is 5.67. The molecule has 21 heavy (non-hydrogen) atoms. The Kier molecular flexibility index (Phi) is 5.79. The molecule has 1 N–H and O–H groups in total. The smallest absolute Gasteiger partial charge is 0.329 e. The van der Waals surface area contributed by atoms with Gasteiger partial charge < -0.3 is 28.8 Å². The number of carboxylic acid groups (broad SMARTS) is 1. The summed E-state index contributed by atoms with van der Waals surface area (Å²) in [6.07, 6.45) is -0.788. The van der Waals surface area contributed by atoms with E-state index in [1.807, 2.05) is 24.3 Å². The molecule has 2 atom stereocenters. The Bertz CT molecular complexity index is 462. The predicted molar refractivity (Wildman–Crippen MR) is 71.6 cm³/mol. The molecule has 7 nitrogen and oxygen atoms in total. The van der Waals surface area contributed by atoms with Crippen molar-refractivity contribution in [1.82, 2.24) is 0 Å². The molecule has 1 aliphatic rings. The molecule has 0 radical (unpaired) electrons. The zero-order valence-corrected chi connectivity index (χ0v) is 11.7. The van der Waals surface area contributed by atoms with Gasteiger partial charge in [0, 0.05) is 0 Å². The summed E-state index contributed by atoms with van der Waals surface area (Å²) >= 11 is 0. The highest BCUT2D eigenvalue weighted by Crippen LogP contribution is 2.26. The minimum absolute atomic E-state index is 0.0808. The summed E-state index contributed by atoms with van der Waals surface area (Å²) in [6, 6.07) is 7.33. The fraction of sp³-hybridized carbons (Fsp3) is 0.500. The molecule has 0 aliphatic carbocycles. The number of benzene rings is 1. The molecule has 1 aromatic carbocycles. The number of aliphatic carboxylic acids is 1. The van der Waals surface area contributed by atoms with Crippen LogP contribution in [0.5, 0.6) is 11.5 Å². The van der Waals surface area contributed by atoms with Crippen molar-refractivity contribution in [2.45, 2.75) is 12.4 Å². The van der Waals surface area contributed by atoms with Crippen LogP contribution in [0.25, 0.3) is 0 Å². The Morgan fingerprint density at radius 3 is 2.81 bits per heavy atom. The van der Waals surface area contributed by atoms with E-state index in [1.165, 1.54) is 0 Å². The lowest BCUT2D eigenvalue weighted by atomic mass is 10.3. The molecule has 0 bridgehead atoms. The summed E-state index contributed by atoms with van der Waals surface area (Å²) in [6.45, 7) is 0.398. The monoisotopic (exact) mass is 298 g/mol. The van der Waals surface area contributed by atoms with Gasteiger partial charge in [0.1, 0.15) is 19.3 Å². The van der Waals surface area contributed by atoms with Gasteiger partial charge in [0.25, 0.3) is 0 Å². The van der Waals surface area contributed by atoms with Gasteiger partial charge in [-0.1, -0.05) is 12.1 Å². The van der Waals surface area contributed by atoms with E-state index in [0.29, 0.717) is 24.7 Å².